The Bertz CT molecular complexity index is 1140. The molecule has 1 N–H and O–H groups in total. The summed E-state index contributed by atoms with van der Waals surface area (Å²) < 4.78 is 38.6. The predicted molar refractivity (Wildman–Crippen MR) is 127 cm³/mol. The highest BCUT2D eigenvalue weighted by Crippen LogP contribution is 2.33. The van der Waals surface area contributed by atoms with E-state index in [1.165, 1.54) is 4.31 Å². The van der Waals surface area contributed by atoms with Crippen LogP contribution < -0.4 is 14.8 Å². The molecule has 178 valence electrons. The molecule has 0 aromatic heterocycles. The molecule has 2 aromatic carbocycles. The molecule has 2 heterocycles. The van der Waals surface area contributed by atoms with Gasteiger partial charge in [0.05, 0.1) is 27.8 Å². The molecule has 0 radical (unpaired) electrons. The number of amides is 1. The number of rotatable bonds is 6. The molecular formula is C23H26Cl2N2O5S. The minimum absolute atomic E-state index is 0.156. The molecule has 0 spiro atoms. The summed E-state index contributed by atoms with van der Waals surface area (Å²) in [5.41, 5.74) is 1.45. The summed E-state index contributed by atoms with van der Waals surface area (Å²) in [7, 11) is -3.60. The van der Waals surface area contributed by atoms with Gasteiger partial charge in [-0.3, -0.25) is 4.79 Å². The van der Waals surface area contributed by atoms with Gasteiger partial charge in [0.2, 0.25) is 15.9 Å². The Labute approximate surface area is 204 Å². The third-order valence-corrected chi connectivity index (χ3v) is 8.46. The molecule has 10 heteroatoms. The normalized spacial score (nSPS) is 19.7. The maximum Gasteiger partial charge on any atom is 0.224 e. The molecule has 2 atom stereocenters. The third-order valence-electron chi connectivity index (χ3n) is 5.91. The van der Waals surface area contributed by atoms with Crippen molar-refractivity contribution in [1.82, 2.24) is 9.62 Å². The number of sulfonamides is 1. The molecule has 0 unspecified atom stereocenters. The standard InChI is InChI=1S/C23H26Cl2N2O5S/c1-15(17-5-7-21-22(12-17)32-10-9-31-21)26-23(28)18-3-2-8-27(13-18)33(29,30)14-16-4-6-19(24)20(25)11-16/h4-7,11-12,15,18H,2-3,8-10,13-14H2,1H3,(H,26,28)/t15-,18-/m1/s1. The van der Waals surface area contributed by atoms with Crippen molar-refractivity contribution in [2.45, 2.75) is 31.6 Å². The minimum Gasteiger partial charge on any atom is -0.486 e. The number of nitrogens with zero attached hydrogens (tertiary/aromatic N) is 1. The Morgan fingerprint density at radius 1 is 1.12 bits per heavy atom. The monoisotopic (exact) mass is 512 g/mol. The van der Waals surface area contributed by atoms with E-state index in [2.05, 4.69) is 5.32 Å². The van der Waals surface area contributed by atoms with Gasteiger partial charge in [0.1, 0.15) is 13.2 Å². The van der Waals surface area contributed by atoms with E-state index < -0.39 is 15.9 Å². The second-order valence-corrected chi connectivity index (χ2v) is 11.1. The van der Waals surface area contributed by atoms with Gasteiger partial charge in [-0.05, 0) is 55.2 Å². The lowest BCUT2D eigenvalue weighted by atomic mass is 9.97. The van der Waals surface area contributed by atoms with Crippen molar-refractivity contribution in [3.63, 3.8) is 0 Å². The quantitative estimate of drug-likeness (QED) is 0.627. The number of carbonyl (C=O) groups is 1. The summed E-state index contributed by atoms with van der Waals surface area (Å²) in [6.07, 6.45) is 1.26. The van der Waals surface area contributed by atoms with Gasteiger partial charge in [-0.1, -0.05) is 35.3 Å². The number of piperidine rings is 1. The first-order valence-electron chi connectivity index (χ1n) is 10.8. The number of benzene rings is 2. The number of nitrogens with one attached hydrogen (secondary N) is 1. The molecule has 0 aliphatic carbocycles. The third kappa shape index (κ3) is 5.74. The van der Waals surface area contributed by atoms with Gasteiger partial charge in [0.25, 0.3) is 0 Å². The Kier molecular flexibility index (Phi) is 7.38. The van der Waals surface area contributed by atoms with E-state index in [-0.39, 0.29) is 24.2 Å². The molecule has 2 aliphatic rings. The van der Waals surface area contributed by atoms with Gasteiger partial charge in [-0.25, -0.2) is 12.7 Å². The lowest BCUT2D eigenvalue weighted by Crippen LogP contribution is -2.46. The van der Waals surface area contributed by atoms with Crippen LogP contribution in [0.4, 0.5) is 0 Å². The van der Waals surface area contributed by atoms with E-state index in [1.54, 1.807) is 18.2 Å². The van der Waals surface area contributed by atoms with Crippen LogP contribution in [0, 0.1) is 5.92 Å². The van der Waals surface area contributed by atoms with Crippen LogP contribution in [0.25, 0.3) is 0 Å². The molecule has 2 aliphatic heterocycles. The zero-order chi connectivity index (χ0) is 23.6. The number of ether oxygens (including phenoxy) is 2. The Morgan fingerprint density at radius 3 is 2.64 bits per heavy atom. The van der Waals surface area contributed by atoms with E-state index in [4.69, 9.17) is 32.7 Å². The van der Waals surface area contributed by atoms with Crippen molar-refractivity contribution >= 4 is 39.1 Å². The van der Waals surface area contributed by atoms with Crippen LogP contribution in [0.3, 0.4) is 0 Å². The average Bonchev–Trinajstić information content (AvgIpc) is 2.81. The van der Waals surface area contributed by atoms with Crippen LogP contribution in [-0.4, -0.2) is 44.9 Å². The summed E-state index contributed by atoms with van der Waals surface area (Å²) in [5.74, 6) is 0.593. The van der Waals surface area contributed by atoms with Crippen LogP contribution in [0.1, 0.15) is 36.9 Å². The lowest BCUT2D eigenvalue weighted by molar-refractivity contribution is -0.126. The van der Waals surface area contributed by atoms with Crippen molar-refractivity contribution < 1.29 is 22.7 Å². The number of fused-ring (bicyclic) bond motifs is 1. The maximum atomic E-state index is 13.0. The van der Waals surface area contributed by atoms with Gasteiger partial charge >= 0.3 is 0 Å². The van der Waals surface area contributed by atoms with Gasteiger partial charge in [0, 0.05) is 13.1 Å². The molecule has 2 aromatic rings. The predicted octanol–water partition coefficient (Wildman–Crippen LogP) is 4.18. The summed E-state index contributed by atoms with van der Waals surface area (Å²) in [4.78, 5) is 13.0. The lowest BCUT2D eigenvalue weighted by Gasteiger charge is -2.32. The van der Waals surface area contributed by atoms with Crippen LogP contribution >= 0.6 is 23.2 Å². The van der Waals surface area contributed by atoms with Gasteiger partial charge in [-0.15, -0.1) is 0 Å². The fourth-order valence-electron chi connectivity index (χ4n) is 4.08. The molecule has 4 rings (SSSR count). The zero-order valence-electron chi connectivity index (χ0n) is 18.2. The Morgan fingerprint density at radius 2 is 1.88 bits per heavy atom. The molecule has 0 saturated carbocycles. The smallest absolute Gasteiger partial charge is 0.224 e. The van der Waals surface area contributed by atoms with Gasteiger partial charge < -0.3 is 14.8 Å². The Hall–Kier alpha value is -2.00. The van der Waals surface area contributed by atoms with E-state index in [9.17, 15) is 13.2 Å². The van der Waals surface area contributed by atoms with Crippen LogP contribution in [0.2, 0.25) is 10.0 Å². The van der Waals surface area contributed by atoms with Gasteiger partial charge in [0.15, 0.2) is 11.5 Å². The average molecular weight is 513 g/mol. The fourth-order valence-corrected chi connectivity index (χ4v) is 6.00. The minimum atomic E-state index is -3.60. The van der Waals surface area contributed by atoms with Crippen molar-refractivity contribution in [3.05, 3.63) is 57.6 Å². The van der Waals surface area contributed by atoms with Crippen molar-refractivity contribution in [2.75, 3.05) is 26.3 Å². The Balaban J connectivity index is 1.39. The fraction of sp³-hybridized carbons (Fsp3) is 0.435. The summed E-state index contributed by atoms with van der Waals surface area (Å²) in [5, 5.41) is 3.71. The number of hydrogen-bond acceptors (Lipinski definition) is 5. The van der Waals surface area contributed by atoms with E-state index in [0.717, 1.165) is 5.56 Å². The van der Waals surface area contributed by atoms with Crippen molar-refractivity contribution in [3.8, 4) is 11.5 Å². The first kappa shape index (κ1) is 24.1. The van der Waals surface area contributed by atoms with Crippen LogP contribution in [0.5, 0.6) is 11.5 Å². The molecule has 1 saturated heterocycles. The molecule has 0 bridgehead atoms. The summed E-state index contributed by atoms with van der Waals surface area (Å²) >= 11 is 11.9. The number of hydrogen-bond donors (Lipinski definition) is 1. The topological polar surface area (TPSA) is 84.9 Å². The van der Waals surface area contributed by atoms with Crippen LogP contribution in [0.15, 0.2) is 36.4 Å². The highest BCUT2D eigenvalue weighted by atomic mass is 35.5. The highest BCUT2D eigenvalue weighted by molar-refractivity contribution is 7.88. The number of halogens is 2. The van der Waals surface area contributed by atoms with Crippen molar-refractivity contribution in [1.29, 1.82) is 0 Å². The maximum absolute atomic E-state index is 13.0. The first-order chi connectivity index (χ1) is 15.7. The first-order valence-corrected chi connectivity index (χ1v) is 13.2. The molecule has 1 fully saturated rings. The molecule has 7 nitrogen and oxygen atoms in total. The zero-order valence-corrected chi connectivity index (χ0v) is 20.5. The molecule has 33 heavy (non-hydrogen) atoms. The highest BCUT2D eigenvalue weighted by Gasteiger charge is 2.33. The van der Waals surface area contributed by atoms with Crippen LogP contribution in [-0.2, 0) is 20.6 Å². The van der Waals surface area contributed by atoms with E-state index >= 15 is 0 Å². The number of carbonyl (C=O) groups excluding carboxylic acids is 1. The van der Waals surface area contributed by atoms with Crippen molar-refractivity contribution in [2.24, 2.45) is 5.92 Å². The van der Waals surface area contributed by atoms with E-state index in [0.29, 0.717) is 59.7 Å². The SMILES string of the molecule is C[C@@H](NC(=O)[C@@H]1CCCN(S(=O)(=O)Cc2ccc(Cl)c(Cl)c2)C1)c1ccc2c(c1)OCCO2. The molecular weight excluding hydrogens is 487 g/mol. The summed E-state index contributed by atoms with van der Waals surface area (Å²) in [6.45, 7) is 3.45. The summed E-state index contributed by atoms with van der Waals surface area (Å²) in [6, 6.07) is 10.1. The molecule has 1 amide bonds. The van der Waals surface area contributed by atoms with E-state index in [1.807, 2.05) is 25.1 Å². The largest absolute Gasteiger partial charge is 0.486 e. The second kappa shape index (κ2) is 10.1. The second-order valence-electron chi connectivity index (χ2n) is 8.34. The van der Waals surface area contributed by atoms with Gasteiger partial charge in [-0.2, -0.15) is 0 Å².